The van der Waals surface area contributed by atoms with Crippen molar-refractivity contribution in [3.63, 3.8) is 0 Å². The molecule has 0 spiro atoms. The van der Waals surface area contributed by atoms with Gasteiger partial charge in [0.1, 0.15) is 11.6 Å². The van der Waals surface area contributed by atoms with Gasteiger partial charge in [-0.3, -0.25) is 0 Å². The van der Waals surface area contributed by atoms with Gasteiger partial charge < -0.3 is 9.30 Å². The molecular formula is C26H34N2O. The molecule has 154 valence electrons. The van der Waals surface area contributed by atoms with Gasteiger partial charge in [0.05, 0.1) is 17.6 Å². The van der Waals surface area contributed by atoms with E-state index < -0.39 is 0 Å². The van der Waals surface area contributed by atoms with Crippen molar-refractivity contribution in [3.05, 3.63) is 59.9 Å². The Morgan fingerprint density at radius 2 is 1.79 bits per heavy atom. The number of ether oxygens (including phenoxy) is 1. The number of imidazole rings is 1. The first kappa shape index (κ1) is 20.0. The van der Waals surface area contributed by atoms with Gasteiger partial charge in [-0.1, -0.05) is 57.4 Å². The highest BCUT2D eigenvalue weighted by molar-refractivity contribution is 5.76. The van der Waals surface area contributed by atoms with Crippen molar-refractivity contribution in [3.8, 4) is 5.75 Å². The van der Waals surface area contributed by atoms with E-state index in [4.69, 9.17) is 9.72 Å². The van der Waals surface area contributed by atoms with Crippen molar-refractivity contribution in [1.82, 2.24) is 9.55 Å². The second-order valence-corrected chi connectivity index (χ2v) is 8.53. The molecule has 1 unspecified atom stereocenters. The summed E-state index contributed by atoms with van der Waals surface area (Å²) in [5.41, 5.74) is 3.79. The molecule has 3 heteroatoms. The molecule has 1 heterocycles. The fourth-order valence-corrected chi connectivity index (χ4v) is 4.54. The number of fused-ring (bicyclic) bond motifs is 1. The van der Waals surface area contributed by atoms with Crippen molar-refractivity contribution < 1.29 is 4.74 Å². The SMILES string of the molecule is CCC(C)c1ccc(OCCCn2c(C3CCCCC3)nc3ccccc32)cc1. The van der Waals surface area contributed by atoms with E-state index in [2.05, 4.69) is 66.9 Å². The molecule has 0 radical (unpaired) electrons. The lowest BCUT2D eigenvalue weighted by atomic mass is 9.88. The summed E-state index contributed by atoms with van der Waals surface area (Å²) >= 11 is 0. The van der Waals surface area contributed by atoms with Crippen molar-refractivity contribution in [2.45, 2.75) is 77.2 Å². The Balaban J connectivity index is 1.40. The van der Waals surface area contributed by atoms with Crippen LogP contribution in [0.2, 0.25) is 0 Å². The minimum atomic E-state index is 0.608. The smallest absolute Gasteiger partial charge is 0.119 e. The molecule has 1 atom stereocenters. The number of hydrogen-bond donors (Lipinski definition) is 0. The number of para-hydroxylation sites is 2. The highest BCUT2D eigenvalue weighted by Gasteiger charge is 2.22. The molecule has 4 rings (SSSR count). The molecule has 2 aromatic carbocycles. The van der Waals surface area contributed by atoms with Gasteiger partial charge in [-0.25, -0.2) is 4.98 Å². The first-order valence-corrected chi connectivity index (χ1v) is 11.4. The largest absolute Gasteiger partial charge is 0.494 e. The van der Waals surface area contributed by atoms with E-state index >= 15 is 0 Å². The predicted molar refractivity (Wildman–Crippen MR) is 121 cm³/mol. The van der Waals surface area contributed by atoms with Crippen LogP contribution in [0.25, 0.3) is 11.0 Å². The number of rotatable bonds is 8. The normalized spacial score (nSPS) is 16.2. The van der Waals surface area contributed by atoms with Crippen LogP contribution in [0.5, 0.6) is 5.75 Å². The van der Waals surface area contributed by atoms with Crippen LogP contribution in [0.4, 0.5) is 0 Å². The van der Waals surface area contributed by atoms with Crippen LogP contribution in [0, 0.1) is 0 Å². The molecule has 0 N–H and O–H groups in total. The lowest BCUT2D eigenvalue weighted by Crippen LogP contribution is -2.13. The standard InChI is InChI=1S/C26H34N2O/c1-3-20(2)21-14-16-23(17-15-21)29-19-9-18-28-25-13-8-7-12-24(25)27-26(28)22-10-5-4-6-11-22/h7-8,12-17,20,22H,3-6,9-11,18-19H2,1-2H3. The van der Waals surface area contributed by atoms with Gasteiger partial charge in [0.2, 0.25) is 0 Å². The zero-order valence-electron chi connectivity index (χ0n) is 17.9. The van der Waals surface area contributed by atoms with Crippen LogP contribution in [-0.4, -0.2) is 16.2 Å². The van der Waals surface area contributed by atoms with E-state index in [9.17, 15) is 0 Å². The summed E-state index contributed by atoms with van der Waals surface area (Å²) in [5.74, 6) is 3.49. The number of benzene rings is 2. The number of aromatic nitrogens is 2. The lowest BCUT2D eigenvalue weighted by molar-refractivity contribution is 0.300. The molecular weight excluding hydrogens is 356 g/mol. The van der Waals surface area contributed by atoms with E-state index in [-0.39, 0.29) is 0 Å². The number of hydrogen-bond acceptors (Lipinski definition) is 2. The van der Waals surface area contributed by atoms with E-state index in [1.54, 1.807) is 0 Å². The van der Waals surface area contributed by atoms with Gasteiger partial charge in [-0.2, -0.15) is 0 Å². The summed E-state index contributed by atoms with van der Waals surface area (Å²) in [6.07, 6.45) is 8.77. The highest BCUT2D eigenvalue weighted by Crippen LogP contribution is 2.34. The highest BCUT2D eigenvalue weighted by atomic mass is 16.5. The van der Waals surface area contributed by atoms with Crippen LogP contribution in [0.3, 0.4) is 0 Å². The van der Waals surface area contributed by atoms with Crippen molar-refractivity contribution in [2.75, 3.05) is 6.61 Å². The molecule has 0 amide bonds. The van der Waals surface area contributed by atoms with Crippen LogP contribution >= 0.6 is 0 Å². The summed E-state index contributed by atoms with van der Waals surface area (Å²) < 4.78 is 8.50. The Labute approximate surface area is 175 Å². The maximum absolute atomic E-state index is 6.04. The zero-order valence-corrected chi connectivity index (χ0v) is 17.9. The minimum absolute atomic E-state index is 0.608. The maximum atomic E-state index is 6.04. The fraction of sp³-hybridized carbons (Fsp3) is 0.500. The van der Waals surface area contributed by atoms with Crippen LogP contribution in [0.15, 0.2) is 48.5 Å². The Morgan fingerprint density at radius 3 is 2.55 bits per heavy atom. The maximum Gasteiger partial charge on any atom is 0.119 e. The third kappa shape index (κ3) is 4.66. The average Bonchev–Trinajstić information content (AvgIpc) is 3.16. The Kier molecular flexibility index (Phi) is 6.53. The van der Waals surface area contributed by atoms with Gasteiger partial charge in [0, 0.05) is 12.5 Å². The van der Waals surface area contributed by atoms with Gasteiger partial charge in [-0.15, -0.1) is 0 Å². The second kappa shape index (κ2) is 9.47. The van der Waals surface area contributed by atoms with Crippen molar-refractivity contribution in [2.24, 2.45) is 0 Å². The molecule has 1 aliphatic rings. The molecule has 0 aliphatic heterocycles. The lowest BCUT2D eigenvalue weighted by Gasteiger charge is -2.22. The number of nitrogens with zero attached hydrogens (tertiary/aromatic N) is 2. The summed E-state index contributed by atoms with van der Waals surface area (Å²) in [4.78, 5) is 5.03. The molecule has 3 aromatic rings. The first-order valence-electron chi connectivity index (χ1n) is 11.4. The topological polar surface area (TPSA) is 27.1 Å². The average molecular weight is 391 g/mol. The summed E-state index contributed by atoms with van der Waals surface area (Å²) in [7, 11) is 0. The van der Waals surface area contributed by atoms with Gasteiger partial charge in [0.25, 0.3) is 0 Å². The Hall–Kier alpha value is -2.29. The predicted octanol–water partition coefficient (Wildman–Crippen LogP) is 7.07. The molecule has 3 nitrogen and oxygen atoms in total. The fourth-order valence-electron chi connectivity index (χ4n) is 4.54. The minimum Gasteiger partial charge on any atom is -0.494 e. The monoisotopic (exact) mass is 390 g/mol. The number of aryl methyl sites for hydroxylation is 1. The Morgan fingerprint density at radius 1 is 1.03 bits per heavy atom. The van der Waals surface area contributed by atoms with Crippen LogP contribution < -0.4 is 4.74 Å². The molecule has 1 fully saturated rings. The molecule has 1 aromatic heterocycles. The van der Waals surface area contributed by atoms with Crippen LogP contribution in [-0.2, 0) is 6.54 Å². The van der Waals surface area contributed by atoms with E-state index in [1.165, 1.54) is 55.4 Å². The van der Waals surface area contributed by atoms with Gasteiger partial charge in [-0.05, 0) is 61.4 Å². The summed E-state index contributed by atoms with van der Waals surface area (Å²) in [6, 6.07) is 17.2. The van der Waals surface area contributed by atoms with Crippen molar-refractivity contribution >= 4 is 11.0 Å². The quantitative estimate of drug-likeness (QED) is 0.385. The summed E-state index contributed by atoms with van der Waals surface area (Å²) in [6.45, 7) is 6.21. The molecule has 0 bridgehead atoms. The first-order chi connectivity index (χ1) is 14.3. The molecule has 0 saturated heterocycles. The summed E-state index contributed by atoms with van der Waals surface area (Å²) in [5, 5.41) is 0. The molecule has 29 heavy (non-hydrogen) atoms. The van der Waals surface area contributed by atoms with E-state index in [0.29, 0.717) is 11.8 Å². The third-order valence-corrected chi connectivity index (χ3v) is 6.51. The third-order valence-electron chi connectivity index (χ3n) is 6.51. The van der Waals surface area contributed by atoms with Crippen molar-refractivity contribution in [1.29, 1.82) is 0 Å². The second-order valence-electron chi connectivity index (χ2n) is 8.53. The van der Waals surface area contributed by atoms with Crippen LogP contribution in [0.1, 0.15) is 82.0 Å². The van der Waals surface area contributed by atoms with E-state index in [1.807, 2.05) is 0 Å². The Bertz CT molecular complexity index is 906. The molecule has 1 aliphatic carbocycles. The van der Waals surface area contributed by atoms with Gasteiger partial charge in [0.15, 0.2) is 0 Å². The molecule has 1 saturated carbocycles. The van der Waals surface area contributed by atoms with E-state index in [0.717, 1.165) is 30.8 Å². The zero-order chi connectivity index (χ0) is 20.1. The van der Waals surface area contributed by atoms with Gasteiger partial charge >= 0.3 is 0 Å².